The maximum Gasteiger partial charge on any atom is 0.239 e. The van der Waals surface area contributed by atoms with Gasteiger partial charge in [0.05, 0.1) is 0 Å². The highest BCUT2D eigenvalue weighted by atomic mass is 79.9. The maximum atomic E-state index is 13.4. The molecule has 2 rings (SSSR count). The SMILES string of the molecule is CN(CC/C=C/c1ccc(Br)cc1)C(C(N)=O)c1cccc(F)c1. The molecule has 0 bridgehead atoms. The van der Waals surface area contributed by atoms with Gasteiger partial charge >= 0.3 is 0 Å². The van der Waals surface area contributed by atoms with Crippen molar-refractivity contribution in [1.29, 1.82) is 0 Å². The van der Waals surface area contributed by atoms with Crippen LogP contribution in [0.3, 0.4) is 0 Å². The number of carbonyl (C=O) groups excluding carboxylic acids is 1. The highest BCUT2D eigenvalue weighted by Gasteiger charge is 2.22. The molecule has 0 aliphatic carbocycles. The van der Waals surface area contributed by atoms with Crippen molar-refractivity contribution in [3.05, 3.63) is 76.0 Å². The molecule has 2 N–H and O–H groups in total. The molecule has 1 unspecified atom stereocenters. The summed E-state index contributed by atoms with van der Waals surface area (Å²) in [5.74, 6) is -0.859. The molecule has 0 spiro atoms. The standard InChI is InChI=1S/C19H20BrFN2O/c1-23(12-3-2-5-14-8-10-16(20)11-9-14)18(19(22)24)15-6-4-7-17(21)13-15/h2,4-11,13,18H,3,12H2,1H3,(H2,22,24)/b5-2+. The third kappa shape index (κ3) is 5.28. The van der Waals surface area contributed by atoms with Crippen LogP contribution in [0.2, 0.25) is 0 Å². The summed E-state index contributed by atoms with van der Waals surface area (Å²) in [7, 11) is 1.81. The second-order valence-corrected chi connectivity index (χ2v) is 6.50. The van der Waals surface area contributed by atoms with Crippen LogP contribution in [0.4, 0.5) is 4.39 Å². The van der Waals surface area contributed by atoms with Crippen LogP contribution >= 0.6 is 15.9 Å². The van der Waals surface area contributed by atoms with Crippen LogP contribution in [0.15, 0.2) is 59.1 Å². The highest BCUT2D eigenvalue weighted by molar-refractivity contribution is 9.10. The number of benzene rings is 2. The monoisotopic (exact) mass is 390 g/mol. The number of nitrogens with zero attached hydrogens (tertiary/aromatic N) is 1. The predicted octanol–water partition coefficient (Wildman–Crippen LogP) is 4.15. The Hall–Kier alpha value is -1.98. The van der Waals surface area contributed by atoms with E-state index in [2.05, 4.69) is 15.9 Å². The van der Waals surface area contributed by atoms with Gasteiger partial charge in [0, 0.05) is 11.0 Å². The van der Waals surface area contributed by atoms with Gasteiger partial charge in [0.1, 0.15) is 11.9 Å². The van der Waals surface area contributed by atoms with Crippen molar-refractivity contribution in [2.45, 2.75) is 12.5 Å². The molecule has 0 aliphatic rings. The summed E-state index contributed by atoms with van der Waals surface area (Å²) in [5.41, 5.74) is 7.18. The third-order valence-corrected chi connectivity index (χ3v) is 4.23. The molecule has 0 aromatic heterocycles. The number of halogens is 2. The van der Waals surface area contributed by atoms with Gasteiger partial charge in [0.25, 0.3) is 0 Å². The van der Waals surface area contributed by atoms with E-state index >= 15 is 0 Å². The van der Waals surface area contributed by atoms with Crippen molar-refractivity contribution in [1.82, 2.24) is 4.90 Å². The molecule has 24 heavy (non-hydrogen) atoms. The van der Waals surface area contributed by atoms with Gasteiger partial charge in [-0.3, -0.25) is 9.69 Å². The van der Waals surface area contributed by atoms with Crippen molar-refractivity contribution in [3.63, 3.8) is 0 Å². The Morgan fingerprint density at radius 3 is 2.62 bits per heavy atom. The molecule has 0 aliphatic heterocycles. The van der Waals surface area contributed by atoms with E-state index in [1.165, 1.54) is 12.1 Å². The fraction of sp³-hybridized carbons (Fsp3) is 0.211. The van der Waals surface area contributed by atoms with Gasteiger partial charge in [0.2, 0.25) is 5.91 Å². The number of hydrogen-bond donors (Lipinski definition) is 1. The summed E-state index contributed by atoms with van der Waals surface area (Å²) < 4.78 is 14.4. The molecule has 5 heteroatoms. The fourth-order valence-electron chi connectivity index (χ4n) is 2.51. The van der Waals surface area contributed by atoms with Crippen LogP contribution < -0.4 is 5.73 Å². The largest absolute Gasteiger partial charge is 0.368 e. The first kappa shape index (κ1) is 18.4. The zero-order chi connectivity index (χ0) is 17.5. The second-order valence-electron chi connectivity index (χ2n) is 5.58. The normalized spacial score (nSPS) is 12.7. The summed E-state index contributed by atoms with van der Waals surface area (Å²) in [4.78, 5) is 13.6. The average molecular weight is 391 g/mol. The van der Waals surface area contributed by atoms with Gasteiger partial charge < -0.3 is 5.73 Å². The van der Waals surface area contributed by atoms with Gasteiger partial charge in [-0.25, -0.2) is 4.39 Å². The number of nitrogens with two attached hydrogens (primary N) is 1. The van der Waals surface area contributed by atoms with Crippen molar-refractivity contribution in [2.24, 2.45) is 5.73 Å². The Kier molecular flexibility index (Phi) is 6.70. The number of carbonyl (C=O) groups is 1. The summed E-state index contributed by atoms with van der Waals surface area (Å²) in [6.07, 6.45) is 4.83. The second kappa shape index (κ2) is 8.76. The molecule has 1 amide bonds. The van der Waals surface area contributed by atoms with E-state index in [1.54, 1.807) is 12.1 Å². The molecule has 0 heterocycles. The molecule has 2 aromatic carbocycles. The topological polar surface area (TPSA) is 46.3 Å². The fourth-order valence-corrected chi connectivity index (χ4v) is 2.78. The zero-order valence-electron chi connectivity index (χ0n) is 13.5. The highest BCUT2D eigenvalue weighted by Crippen LogP contribution is 2.20. The van der Waals surface area contributed by atoms with Gasteiger partial charge in [-0.2, -0.15) is 0 Å². The molecule has 1 atom stereocenters. The van der Waals surface area contributed by atoms with E-state index in [0.717, 1.165) is 16.5 Å². The van der Waals surface area contributed by atoms with Crippen LogP contribution in [-0.2, 0) is 4.79 Å². The van der Waals surface area contributed by atoms with Crippen LogP contribution in [0.25, 0.3) is 6.08 Å². The Morgan fingerprint density at radius 1 is 1.29 bits per heavy atom. The van der Waals surface area contributed by atoms with Crippen molar-refractivity contribution in [3.8, 4) is 0 Å². The maximum absolute atomic E-state index is 13.4. The van der Waals surface area contributed by atoms with Crippen LogP contribution in [0, 0.1) is 5.82 Å². The van der Waals surface area contributed by atoms with E-state index in [1.807, 2.05) is 48.4 Å². The molecule has 3 nitrogen and oxygen atoms in total. The van der Waals surface area contributed by atoms with Crippen molar-refractivity contribution in [2.75, 3.05) is 13.6 Å². The minimum Gasteiger partial charge on any atom is -0.368 e. The minimum absolute atomic E-state index is 0.373. The summed E-state index contributed by atoms with van der Waals surface area (Å²) in [5, 5.41) is 0. The minimum atomic E-state index is -0.637. The number of likely N-dealkylation sites (N-methyl/N-ethyl adjacent to an activating group) is 1. The summed E-state index contributed by atoms with van der Waals surface area (Å²) in [6.45, 7) is 0.636. The smallest absolute Gasteiger partial charge is 0.239 e. The first-order valence-corrected chi connectivity index (χ1v) is 8.44. The third-order valence-electron chi connectivity index (χ3n) is 3.70. The van der Waals surface area contributed by atoms with E-state index in [4.69, 9.17) is 5.73 Å². The molecular formula is C19H20BrFN2O. The molecular weight excluding hydrogens is 371 g/mol. The first-order chi connectivity index (χ1) is 11.5. The quantitative estimate of drug-likeness (QED) is 0.771. The zero-order valence-corrected chi connectivity index (χ0v) is 15.0. The Bertz CT molecular complexity index is 716. The Balaban J connectivity index is 1.97. The first-order valence-electron chi connectivity index (χ1n) is 7.64. The van der Waals surface area contributed by atoms with Crippen LogP contribution in [0.1, 0.15) is 23.6 Å². The average Bonchev–Trinajstić information content (AvgIpc) is 2.53. The number of amides is 1. The van der Waals surface area contributed by atoms with E-state index in [9.17, 15) is 9.18 Å². The van der Waals surface area contributed by atoms with Gasteiger partial charge in [-0.05, 0) is 48.9 Å². The lowest BCUT2D eigenvalue weighted by Gasteiger charge is -2.25. The lowest BCUT2D eigenvalue weighted by atomic mass is 10.0. The molecule has 0 radical (unpaired) electrons. The number of rotatable bonds is 7. The summed E-state index contributed by atoms with van der Waals surface area (Å²) >= 11 is 3.40. The van der Waals surface area contributed by atoms with E-state index < -0.39 is 11.9 Å². The predicted molar refractivity (Wildman–Crippen MR) is 98.8 cm³/mol. The molecule has 0 saturated carbocycles. The number of primary amides is 1. The van der Waals surface area contributed by atoms with Gasteiger partial charge in [-0.1, -0.05) is 52.3 Å². The van der Waals surface area contributed by atoms with Crippen molar-refractivity contribution >= 4 is 27.9 Å². The molecule has 2 aromatic rings. The molecule has 126 valence electrons. The Labute approximate surface area is 150 Å². The van der Waals surface area contributed by atoms with E-state index in [-0.39, 0.29) is 5.82 Å². The van der Waals surface area contributed by atoms with Gasteiger partial charge in [0.15, 0.2) is 0 Å². The van der Waals surface area contributed by atoms with Crippen LogP contribution in [-0.4, -0.2) is 24.4 Å². The lowest BCUT2D eigenvalue weighted by Crippen LogP contribution is -2.35. The summed E-state index contributed by atoms with van der Waals surface area (Å²) in [6, 6.07) is 13.4. The number of hydrogen-bond acceptors (Lipinski definition) is 2. The lowest BCUT2D eigenvalue weighted by molar-refractivity contribution is -0.123. The van der Waals surface area contributed by atoms with E-state index in [0.29, 0.717) is 12.1 Å². The Morgan fingerprint density at radius 2 is 2.00 bits per heavy atom. The van der Waals surface area contributed by atoms with Crippen LogP contribution in [0.5, 0.6) is 0 Å². The molecule has 0 fully saturated rings. The van der Waals surface area contributed by atoms with Crippen molar-refractivity contribution < 1.29 is 9.18 Å². The molecule has 0 saturated heterocycles. The van der Waals surface area contributed by atoms with Gasteiger partial charge in [-0.15, -0.1) is 0 Å².